The second-order valence-corrected chi connectivity index (χ2v) is 10.5. The first-order valence-corrected chi connectivity index (χ1v) is 12.4. The number of benzene rings is 1. The van der Waals surface area contributed by atoms with Crippen LogP contribution >= 0.6 is 11.6 Å². The molecule has 1 heterocycles. The van der Waals surface area contributed by atoms with Crippen LogP contribution in [0.1, 0.15) is 68.4 Å². The Kier molecular flexibility index (Phi) is 8.25. The standard InChI is InChI=1S/C25H33ClF4O3/c1-31-12-15-2-4-17(5-3-15)20-13-32-24(33-14-20)18-8-6-16(7-9-18)19-10-21(27)23(22(28)11-19)25(26,29)30/h10-11,15-18,20,24H,2-9,12-14H2,1H3. The maximum absolute atomic E-state index is 14.1. The number of methoxy groups -OCH3 is 1. The van der Waals surface area contributed by atoms with Crippen molar-refractivity contribution in [2.24, 2.45) is 23.7 Å². The van der Waals surface area contributed by atoms with Crippen molar-refractivity contribution < 1.29 is 31.8 Å². The molecule has 2 aliphatic carbocycles. The smallest absolute Gasteiger partial charge is 0.353 e. The second-order valence-electron chi connectivity index (χ2n) is 10.0. The molecule has 0 radical (unpaired) electrons. The Labute approximate surface area is 198 Å². The molecule has 4 rings (SSSR count). The van der Waals surface area contributed by atoms with Gasteiger partial charge in [0.2, 0.25) is 0 Å². The summed E-state index contributed by atoms with van der Waals surface area (Å²) in [5, 5.41) is -4.07. The molecule has 1 aliphatic heterocycles. The van der Waals surface area contributed by atoms with Crippen molar-refractivity contribution in [2.45, 2.75) is 69.0 Å². The Morgan fingerprint density at radius 3 is 1.94 bits per heavy atom. The third kappa shape index (κ3) is 6.03. The Morgan fingerprint density at radius 2 is 1.42 bits per heavy atom. The molecule has 1 aromatic rings. The van der Waals surface area contributed by atoms with Gasteiger partial charge in [0, 0.05) is 25.6 Å². The summed E-state index contributed by atoms with van der Waals surface area (Å²) in [6.45, 7) is 2.28. The molecule has 3 fully saturated rings. The highest BCUT2D eigenvalue weighted by Crippen LogP contribution is 2.43. The molecule has 3 aliphatic rings. The molecule has 1 aromatic carbocycles. The van der Waals surface area contributed by atoms with Crippen LogP contribution < -0.4 is 0 Å². The molecule has 0 atom stereocenters. The number of halogens is 5. The molecule has 3 nitrogen and oxygen atoms in total. The number of hydrogen-bond acceptors (Lipinski definition) is 3. The van der Waals surface area contributed by atoms with E-state index in [1.165, 1.54) is 25.7 Å². The fraction of sp³-hybridized carbons (Fsp3) is 0.760. The fourth-order valence-corrected chi connectivity index (χ4v) is 6.14. The van der Waals surface area contributed by atoms with Gasteiger partial charge in [-0.05, 0) is 98.4 Å². The summed E-state index contributed by atoms with van der Waals surface area (Å²) in [7, 11) is 1.76. The summed E-state index contributed by atoms with van der Waals surface area (Å²) in [6, 6.07) is 2.00. The van der Waals surface area contributed by atoms with Gasteiger partial charge in [0.1, 0.15) is 17.2 Å². The van der Waals surface area contributed by atoms with E-state index < -0.39 is 22.6 Å². The van der Waals surface area contributed by atoms with E-state index in [1.807, 2.05) is 0 Å². The zero-order chi connectivity index (χ0) is 23.6. The van der Waals surface area contributed by atoms with Gasteiger partial charge in [-0.25, -0.2) is 8.78 Å². The highest BCUT2D eigenvalue weighted by Gasteiger charge is 2.38. The monoisotopic (exact) mass is 492 g/mol. The summed E-state index contributed by atoms with van der Waals surface area (Å²) in [6.07, 6.45) is 7.58. The Bertz CT molecular complexity index is 755. The summed E-state index contributed by atoms with van der Waals surface area (Å²) in [5.41, 5.74) is -0.977. The van der Waals surface area contributed by atoms with Gasteiger partial charge in [0.05, 0.1) is 13.2 Å². The van der Waals surface area contributed by atoms with Crippen LogP contribution in [-0.4, -0.2) is 33.2 Å². The number of hydrogen-bond donors (Lipinski definition) is 0. The van der Waals surface area contributed by atoms with Crippen molar-refractivity contribution in [3.8, 4) is 0 Å². The van der Waals surface area contributed by atoms with Crippen LogP contribution in [-0.2, 0) is 19.6 Å². The van der Waals surface area contributed by atoms with Gasteiger partial charge < -0.3 is 14.2 Å². The van der Waals surface area contributed by atoms with Crippen LogP contribution in [0.2, 0.25) is 0 Å². The van der Waals surface area contributed by atoms with Gasteiger partial charge in [-0.3, -0.25) is 0 Å². The molecule has 2 saturated carbocycles. The van der Waals surface area contributed by atoms with E-state index in [2.05, 4.69) is 0 Å². The molecule has 0 bridgehead atoms. The molecular weight excluding hydrogens is 460 g/mol. The van der Waals surface area contributed by atoms with Crippen LogP contribution in [0.3, 0.4) is 0 Å². The summed E-state index contributed by atoms with van der Waals surface area (Å²) in [5.74, 6) is -0.692. The van der Waals surface area contributed by atoms with E-state index >= 15 is 0 Å². The summed E-state index contributed by atoms with van der Waals surface area (Å²) >= 11 is 4.85. The first kappa shape index (κ1) is 25.2. The van der Waals surface area contributed by atoms with E-state index in [4.69, 9.17) is 25.8 Å². The molecule has 8 heteroatoms. The van der Waals surface area contributed by atoms with E-state index in [-0.39, 0.29) is 18.1 Å². The minimum atomic E-state index is -4.07. The minimum Gasteiger partial charge on any atom is -0.384 e. The third-order valence-corrected chi connectivity index (χ3v) is 8.07. The zero-order valence-corrected chi connectivity index (χ0v) is 19.8. The highest BCUT2D eigenvalue weighted by atomic mass is 35.5. The van der Waals surface area contributed by atoms with Gasteiger partial charge in [0.15, 0.2) is 6.29 Å². The molecule has 0 aromatic heterocycles. The molecule has 1 saturated heterocycles. The van der Waals surface area contributed by atoms with Crippen LogP contribution in [0, 0.1) is 35.3 Å². The first-order chi connectivity index (χ1) is 15.8. The van der Waals surface area contributed by atoms with Gasteiger partial charge >= 0.3 is 5.38 Å². The lowest BCUT2D eigenvalue weighted by molar-refractivity contribution is -0.236. The molecule has 186 valence electrons. The van der Waals surface area contributed by atoms with E-state index in [0.29, 0.717) is 49.4 Å². The molecule has 0 N–H and O–H groups in total. The molecule has 0 unspecified atom stereocenters. The predicted octanol–water partition coefficient (Wildman–Crippen LogP) is 6.97. The van der Waals surface area contributed by atoms with E-state index in [1.54, 1.807) is 7.11 Å². The average molecular weight is 493 g/mol. The van der Waals surface area contributed by atoms with Crippen LogP contribution in [0.15, 0.2) is 12.1 Å². The van der Waals surface area contributed by atoms with Gasteiger partial charge in [-0.2, -0.15) is 8.78 Å². The normalized spacial score (nSPS) is 33.8. The summed E-state index contributed by atoms with van der Waals surface area (Å²) < 4.78 is 72.3. The highest BCUT2D eigenvalue weighted by molar-refractivity contribution is 6.21. The minimum absolute atomic E-state index is 0.0816. The lowest BCUT2D eigenvalue weighted by Gasteiger charge is -2.41. The Morgan fingerprint density at radius 1 is 0.879 bits per heavy atom. The van der Waals surface area contributed by atoms with Crippen molar-refractivity contribution in [1.29, 1.82) is 0 Å². The zero-order valence-electron chi connectivity index (χ0n) is 19.0. The SMILES string of the molecule is COCC1CCC(C2COC(C3CCC(c4cc(F)c(C(F)(F)Cl)c(F)c4)CC3)OC2)CC1. The van der Waals surface area contributed by atoms with Crippen LogP contribution in [0.25, 0.3) is 0 Å². The molecule has 33 heavy (non-hydrogen) atoms. The van der Waals surface area contributed by atoms with Crippen LogP contribution in [0.4, 0.5) is 17.6 Å². The Balaban J connectivity index is 1.25. The first-order valence-electron chi connectivity index (χ1n) is 12.0. The maximum atomic E-state index is 14.1. The van der Waals surface area contributed by atoms with Crippen molar-refractivity contribution in [2.75, 3.05) is 26.9 Å². The lowest BCUT2D eigenvalue weighted by Crippen LogP contribution is -2.41. The van der Waals surface area contributed by atoms with E-state index in [9.17, 15) is 17.6 Å². The lowest BCUT2D eigenvalue weighted by atomic mass is 9.76. The maximum Gasteiger partial charge on any atom is 0.353 e. The summed E-state index contributed by atoms with van der Waals surface area (Å²) in [4.78, 5) is 0. The van der Waals surface area contributed by atoms with Crippen LogP contribution in [0.5, 0.6) is 0 Å². The van der Waals surface area contributed by atoms with Crippen molar-refractivity contribution in [1.82, 2.24) is 0 Å². The third-order valence-electron chi connectivity index (χ3n) is 7.89. The largest absolute Gasteiger partial charge is 0.384 e. The van der Waals surface area contributed by atoms with Crippen molar-refractivity contribution in [3.05, 3.63) is 34.9 Å². The van der Waals surface area contributed by atoms with Gasteiger partial charge in [-0.15, -0.1) is 0 Å². The molecular formula is C25H33ClF4O3. The Hall–Kier alpha value is -0.890. The number of ether oxygens (including phenoxy) is 3. The van der Waals surface area contributed by atoms with Crippen molar-refractivity contribution in [3.63, 3.8) is 0 Å². The second kappa shape index (κ2) is 10.8. The molecule has 0 spiro atoms. The topological polar surface area (TPSA) is 27.7 Å². The predicted molar refractivity (Wildman–Crippen MR) is 117 cm³/mol. The fourth-order valence-electron chi connectivity index (χ4n) is 5.96. The average Bonchev–Trinajstić information content (AvgIpc) is 2.79. The van der Waals surface area contributed by atoms with E-state index in [0.717, 1.165) is 31.6 Å². The number of rotatable bonds is 6. The van der Waals surface area contributed by atoms with Gasteiger partial charge in [-0.1, -0.05) is 0 Å². The quantitative estimate of drug-likeness (QED) is 0.317. The number of alkyl halides is 3. The van der Waals surface area contributed by atoms with Crippen molar-refractivity contribution >= 4 is 11.6 Å². The van der Waals surface area contributed by atoms with Gasteiger partial charge in [0.25, 0.3) is 0 Å². The molecule has 0 amide bonds.